The number of benzene rings is 1. The number of rotatable bonds is 1. The number of ether oxygens (including phenoxy) is 1. The number of nitrogens with zero attached hydrogens (tertiary/aromatic N) is 1. The van der Waals surface area contributed by atoms with Crippen molar-refractivity contribution in [1.82, 2.24) is 0 Å². The van der Waals surface area contributed by atoms with Crippen LogP contribution < -0.4 is 10.5 Å². The summed E-state index contributed by atoms with van der Waals surface area (Å²) in [5, 5.41) is 9.78. The van der Waals surface area contributed by atoms with Crippen LogP contribution in [0, 0.1) is 32.1 Å². The van der Waals surface area contributed by atoms with Gasteiger partial charge >= 0.3 is 5.97 Å². The molecule has 98 valence electrons. The van der Waals surface area contributed by atoms with Gasteiger partial charge in [-0.15, -0.1) is 0 Å². The van der Waals surface area contributed by atoms with E-state index >= 15 is 0 Å². The zero-order chi connectivity index (χ0) is 14.3. The predicted molar refractivity (Wildman–Crippen MR) is 70.9 cm³/mol. The van der Waals surface area contributed by atoms with Crippen LogP contribution >= 0.6 is 0 Å². The van der Waals surface area contributed by atoms with Gasteiger partial charge in [0.25, 0.3) is 0 Å². The van der Waals surface area contributed by atoms with E-state index in [4.69, 9.17) is 20.1 Å². The van der Waals surface area contributed by atoms with Crippen molar-refractivity contribution in [3.8, 4) is 11.8 Å². The maximum absolute atomic E-state index is 11.2. The fourth-order valence-corrected chi connectivity index (χ4v) is 2.21. The molecule has 5 heteroatoms. The smallest absolute Gasteiger partial charge is 0.308 e. The molecule has 0 fully saturated rings. The van der Waals surface area contributed by atoms with E-state index in [1.54, 1.807) is 6.92 Å². The minimum absolute atomic E-state index is 0.0862. The third-order valence-electron chi connectivity index (χ3n) is 3.25. The van der Waals surface area contributed by atoms with Gasteiger partial charge in [-0.25, -0.2) is 0 Å². The lowest BCUT2D eigenvalue weighted by Gasteiger charge is -2.12. The Bertz CT molecular complexity index is 736. The highest BCUT2D eigenvalue weighted by Crippen LogP contribution is 2.39. The largest absolute Gasteiger partial charge is 0.439 e. The molecule has 0 spiro atoms. The Hall–Kier alpha value is -2.48. The topological polar surface area (TPSA) is 89.2 Å². The van der Waals surface area contributed by atoms with Gasteiger partial charge in [0.15, 0.2) is 0 Å². The van der Waals surface area contributed by atoms with Gasteiger partial charge in [0.2, 0.25) is 5.88 Å². The summed E-state index contributed by atoms with van der Waals surface area (Å²) >= 11 is 0. The molecule has 2 N–H and O–H groups in total. The molecule has 0 radical (unpaired) electrons. The lowest BCUT2D eigenvalue weighted by Crippen LogP contribution is -2.05. The third-order valence-corrected chi connectivity index (χ3v) is 3.25. The first kappa shape index (κ1) is 13.0. The lowest BCUT2D eigenvalue weighted by molar-refractivity contribution is -0.131. The fraction of sp³-hybridized carbons (Fsp3) is 0.286. The molecular formula is C14H14N2O3. The molecule has 0 aliphatic heterocycles. The summed E-state index contributed by atoms with van der Waals surface area (Å²) in [4.78, 5) is 11.2. The number of esters is 1. The molecule has 0 unspecified atom stereocenters. The molecule has 0 saturated carbocycles. The van der Waals surface area contributed by atoms with Crippen LogP contribution in [0.2, 0.25) is 0 Å². The van der Waals surface area contributed by atoms with Crippen molar-refractivity contribution in [3.05, 3.63) is 22.3 Å². The zero-order valence-electron chi connectivity index (χ0n) is 11.2. The number of hydrogen-bond donors (Lipinski definition) is 1. The number of furan rings is 1. The van der Waals surface area contributed by atoms with Crippen molar-refractivity contribution in [2.24, 2.45) is 0 Å². The molecule has 0 amide bonds. The summed E-state index contributed by atoms with van der Waals surface area (Å²) in [5.41, 5.74) is 8.86. The van der Waals surface area contributed by atoms with E-state index in [1.165, 1.54) is 6.92 Å². The van der Waals surface area contributed by atoms with E-state index in [2.05, 4.69) is 0 Å². The maximum atomic E-state index is 11.2. The minimum atomic E-state index is -0.403. The molecule has 0 aliphatic carbocycles. The highest BCUT2D eigenvalue weighted by Gasteiger charge is 2.22. The Morgan fingerprint density at radius 2 is 1.89 bits per heavy atom. The molecule has 1 aromatic carbocycles. The van der Waals surface area contributed by atoms with Gasteiger partial charge in [-0.2, -0.15) is 5.26 Å². The van der Waals surface area contributed by atoms with Crippen LogP contribution in [0.25, 0.3) is 11.0 Å². The van der Waals surface area contributed by atoms with E-state index in [0.717, 1.165) is 11.1 Å². The lowest BCUT2D eigenvalue weighted by atomic mass is 9.98. The highest BCUT2D eigenvalue weighted by molar-refractivity contribution is 5.96. The van der Waals surface area contributed by atoms with Gasteiger partial charge in [0.1, 0.15) is 23.0 Å². The normalized spacial score (nSPS) is 10.5. The van der Waals surface area contributed by atoms with Gasteiger partial charge in [-0.1, -0.05) is 0 Å². The van der Waals surface area contributed by atoms with Crippen molar-refractivity contribution < 1.29 is 13.9 Å². The molecule has 1 aromatic heterocycles. The van der Waals surface area contributed by atoms with E-state index < -0.39 is 5.97 Å². The summed E-state index contributed by atoms with van der Waals surface area (Å²) in [6.07, 6.45) is 0. The fourth-order valence-electron chi connectivity index (χ4n) is 2.21. The quantitative estimate of drug-likeness (QED) is 0.627. The summed E-state index contributed by atoms with van der Waals surface area (Å²) < 4.78 is 10.7. The van der Waals surface area contributed by atoms with Gasteiger partial charge < -0.3 is 14.9 Å². The summed E-state index contributed by atoms with van der Waals surface area (Å²) in [6, 6.07) is 2.03. The maximum Gasteiger partial charge on any atom is 0.308 e. The van der Waals surface area contributed by atoms with Crippen molar-refractivity contribution in [2.75, 3.05) is 5.73 Å². The van der Waals surface area contributed by atoms with Crippen LogP contribution in [0.5, 0.6) is 5.75 Å². The molecule has 5 nitrogen and oxygen atoms in total. The number of nitrogen functional groups attached to an aromatic ring is 1. The SMILES string of the molecule is CC(=O)Oc1c(C)c(C)c2oc(N)c(C#N)c2c1C. The molecule has 2 aromatic rings. The molecule has 0 atom stereocenters. The molecule has 0 saturated heterocycles. The number of carbonyl (C=O) groups is 1. The Morgan fingerprint density at radius 3 is 2.42 bits per heavy atom. The number of nitriles is 1. The Balaban J connectivity index is 2.94. The Kier molecular flexibility index (Phi) is 2.95. The molecule has 2 rings (SSSR count). The second kappa shape index (κ2) is 4.32. The molecule has 0 bridgehead atoms. The highest BCUT2D eigenvalue weighted by atomic mass is 16.5. The first-order valence-electron chi connectivity index (χ1n) is 5.78. The van der Waals surface area contributed by atoms with E-state index in [0.29, 0.717) is 22.3 Å². The van der Waals surface area contributed by atoms with Crippen LogP contribution in [0.4, 0.5) is 5.88 Å². The standard InChI is InChI=1S/C14H14N2O3/c1-6-7(2)13-11(10(5-15)14(16)19-13)8(3)12(6)18-9(4)17/h16H2,1-4H3. The summed E-state index contributed by atoms with van der Waals surface area (Å²) in [5.74, 6) is 0.151. The van der Waals surface area contributed by atoms with Crippen molar-refractivity contribution in [3.63, 3.8) is 0 Å². The van der Waals surface area contributed by atoms with Crippen LogP contribution in [0.1, 0.15) is 29.2 Å². The number of carbonyl (C=O) groups excluding carboxylic acids is 1. The first-order valence-corrected chi connectivity index (χ1v) is 5.78. The summed E-state index contributed by atoms with van der Waals surface area (Å²) in [6.45, 7) is 6.80. The van der Waals surface area contributed by atoms with Gasteiger partial charge in [-0.3, -0.25) is 4.79 Å². The minimum Gasteiger partial charge on any atom is -0.439 e. The predicted octanol–water partition coefficient (Wildman–Crippen LogP) is 2.74. The Morgan fingerprint density at radius 1 is 1.26 bits per heavy atom. The van der Waals surface area contributed by atoms with E-state index in [-0.39, 0.29) is 11.4 Å². The van der Waals surface area contributed by atoms with Gasteiger partial charge in [0.05, 0.1) is 0 Å². The number of aryl methyl sites for hydroxylation is 2. The average Bonchev–Trinajstić information content (AvgIpc) is 2.68. The van der Waals surface area contributed by atoms with Crippen LogP contribution in [-0.4, -0.2) is 5.97 Å². The molecule has 19 heavy (non-hydrogen) atoms. The number of anilines is 1. The first-order chi connectivity index (χ1) is 8.88. The summed E-state index contributed by atoms with van der Waals surface area (Å²) in [7, 11) is 0. The number of nitrogens with two attached hydrogens (primary N) is 1. The van der Waals surface area contributed by atoms with Gasteiger partial charge in [0, 0.05) is 17.9 Å². The third kappa shape index (κ3) is 1.82. The molecular weight excluding hydrogens is 244 g/mol. The van der Waals surface area contributed by atoms with Crippen LogP contribution in [0.15, 0.2) is 4.42 Å². The monoisotopic (exact) mass is 258 g/mol. The second-order valence-electron chi connectivity index (χ2n) is 4.46. The van der Waals surface area contributed by atoms with Crippen molar-refractivity contribution in [1.29, 1.82) is 5.26 Å². The van der Waals surface area contributed by atoms with E-state index in [1.807, 2.05) is 19.9 Å². The van der Waals surface area contributed by atoms with Crippen molar-refractivity contribution in [2.45, 2.75) is 27.7 Å². The zero-order valence-corrected chi connectivity index (χ0v) is 11.2. The van der Waals surface area contributed by atoms with Crippen LogP contribution in [0.3, 0.4) is 0 Å². The number of fused-ring (bicyclic) bond motifs is 1. The second-order valence-corrected chi connectivity index (χ2v) is 4.46. The molecule has 1 heterocycles. The van der Waals surface area contributed by atoms with Gasteiger partial charge in [-0.05, 0) is 31.9 Å². The Labute approximate surface area is 110 Å². The average molecular weight is 258 g/mol. The van der Waals surface area contributed by atoms with Crippen molar-refractivity contribution >= 4 is 22.8 Å². The molecule has 0 aliphatic rings. The van der Waals surface area contributed by atoms with Crippen LogP contribution in [-0.2, 0) is 4.79 Å². The van der Waals surface area contributed by atoms with E-state index in [9.17, 15) is 4.79 Å². The number of hydrogen-bond acceptors (Lipinski definition) is 5.